The molecule has 0 spiro atoms. The van der Waals surface area contributed by atoms with E-state index in [9.17, 15) is 13.2 Å². The Morgan fingerprint density at radius 1 is 1.12 bits per heavy atom. The molecular weight excluding hydrogens is 338 g/mol. The molecule has 0 radical (unpaired) electrons. The summed E-state index contributed by atoms with van der Waals surface area (Å²) in [7, 11) is -3.20. The largest absolute Gasteiger partial charge is 0.324 e. The molecular formula is C18H21N3O3S. The Bertz CT molecular complexity index is 861. The summed E-state index contributed by atoms with van der Waals surface area (Å²) >= 11 is 0. The van der Waals surface area contributed by atoms with Crippen molar-refractivity contribution in [1.82, 2.24) is 0 Å². The Kier molecular flexibility index (Phi) is 4.78. The van der Waals surface area contributed by atoms with Crippen molar-refractivity contribution in [2.24, 2.45) is 5.73 Å². The van der Waals surface area contributed by atoms with Crippen LogP contribution in [0.4, 0.5) is 11.4 Å². The quantitative estimate of drug-likeness (QED) is 0.875. The number of nitrogens with one attached hydrogen (secondary N) is 1. The van der Waals surface area contributed by atoms with Crippen molar-refractivity contribution in [3.8, 4) is 0 Å². The van der Waals surface area contributed by atoms with Crippen molar-refractivity contribution in [2.75, 3.05) is 21.9 Å². The van der Waals surface area contributed by atoms with Crippen LogP contribution in [0.1, 0.15) is 23.6 Å². The van der Waals surface area contributed by atoms with Gasteiger partial charge in [-0.15, -0.1) is 0 Å². The smallest absolute Gasteiger partial charge is 0.245 e. The average molecular weight is 359 g/mol. The summed E-state index contributed by atoms with van der Waals surface area (Å²) in [4.78, 5) is 12.3. The molecule has 1 unspecified atom stereocenters. The molecule has 132 valence electrons. The Morgan fingerprint density at radius 2 is 1.76 bits per heavy atom. The number of nitrogens with two attached hydrogens (primary N) is 1. The highest BCUT2D eigenvalue weighted by Crippen LogP contribution is 2.25. The van der Waals surface area contributed by atoms with Crippen LogP contribution in [-0.2, 0) is 14.8 Å². The lowest BCUT2D eigenvalue weighted by molar-refractivity contribution is -0.117. The van der Waals surface area contributed by atoms with Gasteiger partial charge in [0.25, 0.3) is 0 Å². The number of hydrogen-bond acceptors (Lipinski definition) is 4. The molecule has 3 N–H and O–H groups in total. The molecule has 0 bridgehead atoms. The van der Waals surface area contributed by atoms with Gasteiger partial charge in [-0.2, -0.15) is 0 Å². The van der Waals surface area contributed by atoms with Crippen LogP contribution in [0.25, 0.3) is 0 Å². The number of sulfonamides is 1. The highest BCUT2D eigenvalue weighted by molar-refractivity contribution is 7.93. The van der Waals surface area contributed by atoms with Crippen molar-refractivity contribution < 1.29 is 13.2 Å². The number of nitrogens with zero attached hydrogens (tertiary/aromatic N) is 1. The number of hydrogen-bond donors (Lipinski definition) is 2. The van der Waals surface area contributed by atoms with Crippen LogP contribution in [-0.4, -0.2) is 26.6 Å². The molecule has 0 aromatic heterocycles. The van der Waals surface area contributed by atoms with Crippen molar-refractivity contribution >= 4 is 27.3 Å². The number of amides is 1. The maximum absolute atomic E-state index is 12.3. The molecule has 2 aromatic rings. The van der Waals surface area contributed by atoms with E-state index in [0.29, 0.717) is 24.3 Å². The molecule has 1 atom stereocenters. The molecule has 1 amide bonds. The van der Waals surface area contributed by atoms with E-state index in [1.807, 2.05) is 31.2 Å². The van der Waals surface area contributed by atoms with E-state index < -0.39 is 16.1 Å². The van der Waals surface area contributed by atoms with Crippen LogP contribution < -0.4 is 15.4 Å². The van der Waals surface area contributed by atoms with Crippen LogP contribution in [0.15, 0.2) is 48.5 Å². The lowest BCUT2D eigenvalue weighted by Crippen LogP contribution is -2.28. The summed E-state index contributed by atoms with van der Waals surface area (Å²) < 4.78 is 25.3. The normalized spacial score (nSPS) is 17.3. The van der Waals surface area contributed by atoms with Crippen LogP contribution in [0.2, 0.25) is 0 Å². The maximum Gasteiger partial charge on any atom is 0.245 e. The molecule has 6 nitrogen and oxygen atoms in total. The predicted molar refractivity (Wildman–Crippen MR) is 98.9 cm³/mol. The van der Waals surface area contributed by atoms with Gasteiger partial charge < -0.3 is 11.1 Å². The summed E-state index contributed by atoms with van der Waals surface area (Å²) in [6.07, 6.45) is 0.631. The average Bonchev–Trinajstić information content (AvgIpc) is 2.95. The van der Waals surface area contributed by atoms with E-state index in [4.69, 9.17) is 5.73 Å². The first kappa shape index (κ1) is 17.4. The third-order valence-electron chi connectivity index (χ3n) is 4.24. The van der Waals surface area contributed by atoms with Crippen LogP contribution in [0, 0.1) is 6.92 Å². The fraction of sp³-hybridized carbons (Fsp3) is 0.278. The second-order valence-electron chi connectivity index (χ2n) is 6.17. The molecule has 0 saturated carbocycles. The minimum atomic E-state index is -3.20. The second-order valence-corrected chi connectivity index (χ2v) is 8.18. The SMILES string of the molecule is Cc1ccc(C(N)C(=O)Nc2ccc(N3CCCS3(=O)=O)cc2)cc1. The number of anilines is 2. The number of carbonyl (C=O) groups excluding carboxylic acids is 1. The topological polar surface area (TPSA) is 92.5 Å². The van der Waals surface area contributed by atoms with Crippen molar-refractivity contribution in [3.63, 3.8) is 0 Å². The number of rotatable bonds is 4. The first-order valence-corrected chi connectivity index (χ1v) is 9.71. The Hall–Kier alpha value is -2.38. The molecule has 3 rings (SSSR count). The Labute approximate surface area is 147 Å². The molecule has 7 heteroatoms. The second kappa shape index (κ2) is 6.85. The summed E-state index contributed by atoms with van der Waals surface area (Å²) in [5, 5.41) is 2.76. The van der Waals surface area contributed by atoms with Crippen molar-refractivity contribution in [2.45, 2.75) is 19.4 Å². The molecule has 25 heavy (non-hydrogen) atoms. The van der Waals surface area contributed by atoms with E-state index in [0.717, 1.165) is 11.1 Å². The first-order chi connectivity index (χ1) is 11.9. The third-order valence-corrected chi connectivity index (χ3v) is 6.11. The van der Waals surface area contributed by atoms with Gasteiger partial charge in [-0.1, -0.05) is 29.8 Å². The van der Waals surface area contributed by atoms with Gasteiger partial charge in [-0.05, 0) is 43.2 Å². The highest BCUT2D eigenvalue weighted by Gasteiger charge is 2.28. The predicted octanol–water partition coefficient (Wildman–Crippen LogP) is 2.17. The van der Waals surface area contributed by atoms with Crippen molar-refractivity contribution in [3.05, 3.63) is 59.7 Å². The van der Waals surface area contributed by atoms with Gasteiger partial charge in [0.05, 0.1) is 11.4 Å². The molecule has 1 saturated heterocycles. The minimum Gasteiger partial charge on any atom is -0.324 e. The van der Waals surface area contributed by atoms with E-state index in [2.05, 4.69) is 5.32 Å². The fourth-order valence-corrected chi connectivity index (χ4v) is 4.35. The summed E-state index contributed by atoms with van der Waals surface area (Å²) in [6, 6.07) is 13.5. The van der Waals surface area contributed by atoms with Gasteiger partial charge in [0, 0.05) is 12.2 Å². The molecule has 0 aliphatic carbocycles. The van der Waals surface area contributed by atoms with Crippen LogP contribution in [0.3, 0.4) is 0 Å². The fourth-order valence-electron chi connectivity index (χ4n) is 2.79. The van der Waals surface area contributed by atoms with Crippen molar-refractivity contribution in [1.29, 1.82) is 0 Å². The van der Waals surface area contributed by atoms with Gasteiger partial charge >= 0.3 is 0 Å². The molecule has 2 aromatic carbocycles. The number of aryl methyl sites for hydroxylation is 1. The van der Waals surface area contributed by atoms with Gasteiger partial charge in [-0.3, -0.25) is 9.10 Å². The van der Waals surface area contributed by atoms with Gasteiger partial charge in [0.15, 0.2) is 0 Å². The minimum absolute atomic E-state index is 0.177. The van der Waals surface area contributed by atoms with E-state index in [-0.39, 0.29) is 11.7 Å². The van der Waals surface area contributed by atoms with E-state index in [1.165, 1.54) is 4.31 Å². The molecule has 1 aliphatic heterocycles. The zero-order valence-electron chi connectivity index (χ0n) is 14.0. The standard InChI is InChI=1S/C18H21N3O3S/c1-13-3-5-14(6-4-13)17(19)18(22)20-15-7-9-16(10-8-15)21-11-2-12-25(21,23)24/h3-10,17H,2,11-12,19H2,1H3,(H,20,22). The van der Waals surface area contributed by atoms with Gasteiger partial charge in [0.1, 0.15) is 6.04 Å². The number of benzene rings is 2. The van der Waals surface area contributed by atoms with Gasteiger partial charge in [0.2, 0.25) is 15.9 Å². The number of carbonyl (C=O) groups is 1. The molecule has 1 heterocycles. The lowest BCUT2D eigenvalue weighted by atomic mass is 10.1. The first-order valence-electron chi connectivity index (χ1n) is 8.10. The zero-order chi connectivity index (χ0) is 18.0. The zero-order valence-corrected chi connectivity index (χ0v) is 14.8. The summed E-state index contributed by atoms with van der Waals surface area (Å²) in [5.74, 6) is -0.137. The Balaban J connectivity index is 1.69. The van der Waals surface area contributed by atoms with E-state index in [1.54, 1.807) is 24.3 Å². The molecule has 1 fully saturated rings. The molecule has 1 aliphatic rings. The maximum atomic E-state index is 12.3. The third kappa shape index (κ3) is 3.83. The van der Waals surface area contributed by atoms with Gasteiger partial charge in [-0.25, -0.2) is 8.42 Å². The summed E-state index contributed by atoms with van der Waals surface area (Å²) in [5.41, 5.74) is 9.03. The van der Waals surface area contributed by atoms with E-state index >= 15 is 0 Å². The monoisotopic (exact) mass is 359 g/mol. The summed E-state index contributed by atoms with van der Waals surface area (Å²) in [6.45, 7) is 2.46. The van der Waals surface area contributed by atoms with Crippen LogP contribution in [0.5, 0.6) is 0 Å². The lowest BCUT2D eigenvalue weighted by Gasteiger charge is -2.17. The highest BCUT2D eigenvalue weighted by atomic mass is 32.2. The Morgan fingerprint density at radius 3 is 2.32 bits per heavy atom. The van der Waals surface area contributed by atoms with Crippen LogP contribution >= 0.6 is 0 Å².